The minimum absolute atomic E-state index is 0.358. The van der Waals surface area contributed by atoms with Gasteiger partial charge in [0.05, 0.1) is 18.8 Å². The van der Waals surface area contributed by atoms with E-state index in [0.29, 0.717) is 6.42 Å². The summed E-state index contributed by atoms with van der Waals surface area (Å²) in [5, 5.41) is 33.4. The van der Waals surface area contributed by atoms with Gasteiger partial charge in [-0.05, 0) is 19.3 Å². The highest BCUT2D eigenvalue weighted by Crippen LogP contribution is 2.18. The third-order valence-electron chi connectivity index (χ3n) is 13.4. The molecule has 0 aromatic carbocycles. The quantitative estimate of drug-likeness (QED) is 0.0362. The van der Waals surface area contributed by atoms with Crippen molar-refractivity contribution in [3.63, 3.8) is 0 Å². The molecule has 0 rings (SSSR count). The van der Waals surface area contributed by atoms with E-state index in [9.17, 15) is 20.1 Å². The number of hydrogen-bond donors (Lipinski definition) is 4. The van der Waals surface area contributed by atoms with Gasteiger partial charge in [-0.15, -0.1) is 0 Å². The Morgan fingerprint density at radius 3 is 0.902 bits per heavy atom. The van der Waals surface area contributed by atoms with E-state index >= 15 is 0 Å². The molecule has 5 heteroatoms. The Balaban J connectivity index is 3.54. The van der Waals surface area contributed by atoms with Gasteiger partial charge in [0.2, 0.25) is 5.91 Å². The van der Waals surface area contributed by atoms with Crippen LogP contribution in [0.15, 0.2) is 12.2 Å². The number of hydrogen-bond acceptors (Lipinski definition) is 4. The summed E-state index contributed by atoms with van der Waals surface area (Å²) in [5.41, 5.74) is 0. The normalized spacial score (nSPS) is 13.3. The first-order chi connectivity index (χ1) is 30.1. The number of nitrogens with one attached hydrogen (secondary N) is 1. The van der Waals surface area contributed by atoms with Crippen LogP contribution in [0.25, 0.3) is 0 Å². The van der Waals surface area contributed by atoms with Crippen molar-refractivity contribution in [2.45, 2.75) is 334 Å². The van der Waals surface area contributed by atoms with Crippen molar-refractivity contribution in [3.8, 4) is 0 Å². The van der Waals surface area contributed by atoms with Gasteiger partial charge in [0.1, 0.15) is 6.10 Å². The van der Waals surface area contributed by atoms with Gasteiger partial charge < -0.3 is 20.6 Å². The van der Waals surface area contributed by atoms with Crippen molar-refractivity contribution in [1.29, 1.82) is 0 Å². The molecule has 0 aliphatic carbocycles. The standard InChI is InChI=1S/C56H111NO4/c1-3-5-7-9-11-13-15-17-19-21-23-25-26-27-28-29-31-33-35-37-39-41-43-45-47-49-51-55(60)56(61)57-53(52-58)54(59)50-48-46-44-42-40-38-36-34-32-30-24-22-20-18-16-14-12-10-8-6-4-2/h48,50,53-55,58-60H,3-47,49,51-52H2,1-2H3,(H,57,61)/b50-48+. The molecule has 0 saturated heterocycles. The molecule has 0 aromatic rings. The van der Waals surface area contributed by atoms with E-state index in [1.54, 1.807) is 6.08 Å². The second kappa shape index (κ2) is 51.7. The lowest BCUT2D eigenvalue weighted by atomic mass is 10.0. The summed E-state index contributed by atoms with van der Waals surface area (Å²) >= 11 is 0. The lowest BCUT2D eigenvalue weighted by molar-refractivity contribution is -0.131. The third-order valence-corrected chi connectivity index (χ3v) is 13.4. The van der Waals surface area contributed by atoms with E-state index in [1.807, 2.05) is 6.08 Å². The molecular weight excluding hydrogens is 751 g/mol. The minimum Gasteiger partial charge on any atom is -0.394 e. The first-order valence-electron chi connectivity index (χ1n) is 28.0. The molecule has 0 bridgehead atoms. The van der Waals surface area contributed by atoms with Gasteiger partial charge in [0, 0.05) is 0 Å². The van der Waals surface area contributed by atoms with Crippen LogP contribution in [0.4, 0.5) is 0 Å². The van der Waals surface area contributed by atoms with Crippen molar-refractivity contribution >= 4 is 5.91 Å². The van der Waals surface area contributed by atoms with Crippen LogP contribution < -0.4 is 5.32 Å². The predicted octanol–water partition coefficient (Wildman–Crippen LogP) is 17.1. The molecule has 0 fully saturated rings. The van der Waals surface area contributed by atoms with Crippen LogP contribution >= 0.6 is 0 Å². The van der Waals surface area contributed by atoms with Crippen molar-refractivity contribution in [2.75, 3.05) is 6.61 Å². The largest absolute Gasteiger partial charge is 0.394 e. The summed E-state index contributed by atoms with van der Waals surface area (Å²) in [4.78, 5) is 12.5. The molecule has 0 radical (unpaired) electrons. The van der Waals surface area contributed by atoms with Crippen LogP contribution in [0.5, 0.6) is 0 Å². The minimum atomic E-state index is -1.09. The molecule has 5 nitrogen and oxygen atoms in total. The highest BCUT2D eigenvalue weighted by Gasteiger charge is 2.22. The van der Waals surface area contributed by atoms with Gasteiger partial charge in [-0.3, -0.25) is 4.79 Å². The van der Waals surface area contributed by atoms with Crippen molar-refractivity contribution in [3.05, 3.63) is 12.2 Å². The van der Waals surface area contributed by atoms with Crippen molar-refractivity contribution < 1.29 is 20.1 Å². The molecule has 0 spiro atoms. The molecular formula is C56H111NO4. The van der Waals surface area contributed by atoms with Gasteiger partial charge in [-0.2, -0.15) is 0 Å². The smallest absolute Gasteiger partial charge is 0.249 e. The number of allylic oxidation sites excluding steroid dienone is 1. The lowest BCUT2D eigenvalue weighted by Gasteiger charge is -2.21. The van der Waals surface area contributed by atoms with Gasteiger partial charge in [-0.25, -0.2) is 0 Å². The van der Waals surface area contributed by atoms with E-state index in [-0.39, 0.29) is 6.61 Å². The van der Waals surface area contributed by atoms with Crippen molar-refractivity contribution in [2.24, 2.45) is 0 Å². The number of carbonyl (C=O) groups is 1. The lowest BCUT2D eigenvalue weighted by Crippen LogP contribution is -2.48. The molecule has 61 heavy (non-hydrogen) atoms. The molecule has 3 atom stereocenters. The zero-order valence-corrected chi connectivity index (χ0v) is 41.6. The summed E-state index contributed by atoms with van der Waals surface area (Å²) in [7, 11) is 0. The number of aliphatic hydroxyl groups is 3. The van der Waals surface area contributed by atoms with E-state index in [4.69, 9.17) is 0 Å². The molecule has 1 amide bonds. The van der Waals surface area contributed by atoms with Gasteiger partial charge in [-0.1, -0.05) is 309 Å². The summed E-state index contributed by atoms with van der Waals surface area (Å²) in [5.74, 6) is -0.495. The second-order valence-electron chi connectivity index (χ2n) is 19.5. The number of unbranched alkanes of at least 4 members (excludes halogenated alkanes) is 44. The molecule has 0 saturated carbocycles. The van der Waals surface area contributed by atoms with E-state index in [0.717, 1.165) is 32.1 Å². The Bertz CT molecular complexity index is 864. The van der Waals surface area contributed by atoms with Crippen LogP contribution in [0, 0.1) is 0 Å². The maximum Gasteiger partial charge on any atom is 0.249 e. The highest BCUT2D eigenvalue weighted by atomic mass is 16.3. The predicted molar refractivity (Wildman–Crippen MR) is 269 cm³/mol. The fourth-order valence-corrected chi connectivity index (χ4v) is 9.01. The van der Waals surface area contributed by atoms with E-state index in [2.05, 4.69) is 19.2 Å². The maximum atomic E-state index is 12.5. The molecule has 4 N–H and O–H groups in total. The third kappa shape index (κ3) is 46.9. The molecule has 0 aliphatic heterocycles. The van der Waals surface area contributed by atoms with Crippen LogP contribution in [0.3, 0.4) is 0 Å². The number of aliphatic hydroxyl groups excluding tert-OH is 3. The van der Waals surface area contributed by atoms with Crippen molar-refractivity contribution in [1.82, 2.24) is 5.32 Å². The summed E-state index contributed by atoms with van der Waals surface area (Å²) < 4.78 is 0. The zero-order chi connectivity index (χ0) is 44.4. The fraction of sp³-hybridized carbons (Fsp3) is 0.946. The zero-order valence-electron chi connectivity index (χ0n) is 41.6. The Morgan fingerprint density at radius 1 is 0.393 bits per heavy atom. The molecule has 3 unspecified atom stereocenters. The maximum absolute atomic E-state index is 12.5. The van der Waals surface area contributed by atoms with E-state index < -0.39 is 24.2 Å². The molecule has 0 heterocycles. The topological polar surface area (TPSA) is 89.8 Å². The van der Waals surface area contributed by atoms with Crippen LogP contribution in [0.2, 0.25) is 0 Å². The van der Waals surface area contributed by atoms with Crippen LogP contribution in [-0.2, 0) is 4.79 Å². The second-order valence-corrected chi connectivity index (χ2v) is 19.5. The van der Waals surface area contributed by atoms with Gasteiger partial charge in [0.25, 0.3) is 0 Å². The Labute approximate surface area is 382 Å². The molecule has 0 aliphatic rings. The highest BCUT2D eigenvalue weighted by molar-refractivity contribution is 5.80. The molecule has 0 aromatic heterocycles. The van der Waals surface area contributed by atoms with E-state index in [1.165, 1.54) is 263 Å². The number of carbonyl (C=O) groups excluding carboxylic acids is 1. The Kier molecular flexibility index (Phi) is 51.0. The number of rotatable bonds is 52. The summed E-state index contributed by atoms with van der Waals surface area (Å²) in [6, 6.07) is -0.794. The first kappa shape index (κ1) is 60.1. The Morgan fingerprint density at radius 2 is 0.639 bits per heavy atom. The Hall–Kier alpha value is -0.910. The SMILES string of the molecule is CCCCCCCCCCCCCCCCCCCCC/C=C/C(O)C(CO)NC(=O)C(O)CCCCCCCCCCCCCCCCCCCCCCCCCCCC. The van der Waals surface area contributed by atoms with Gasteiger partial charge in [0.15, 0.2) is 0 Å². The average molecular weight is 863 g/mol. The first-order valence-corrected chi connectivity index (χ1v) is 28.0. The van der Waals surface area contributed by atoms with Crippen LogP contribution in [0.1, 0.15) is 316 Å². The molecule has 364 valence electrons. The summed E-state index contributed by atoms with van der Waals surface area (Å²) in [6.07, 6.45) is 64.3. The monoisotopic (exact) mass is 862 g/mol. The summed E-state index contributed by atoms with van der Waals surface area (Å²) in [6.45, 7) is 4.23. The average Bonchev–Trinajstić information content (AvgIpc) is 3.26. The van der Waals surface area contributed by atoms with Crippen LogP contribution in [-0.4, -0.2) is 46.1 Å². The fourth-order valence-electron chi connectivity index (χ4n) is 9.01. The van der Waals surface area contributed by atoms with Gasteiger partial charge >= 0.3 is 0 Å². The number of amides is 1.